The van der Waals surface area contributed by atoms with E-state index in [4.69, 9.17) is 4.42 Å². The lowest BCUT2D eigenvalue weighted by molar-refractivity contribution is -0.129. The van der Waals surface area contributed by atoms with Crippen molar-refractivity contribution in [3.63, 3.8) is 0 Å². The highest BCUT2D eigenvalue weighted by Crippen LogP contribution is 2.40. The molecule has 1 aliphatic rings. The molecule has 6 nitrogen and oxygen atoms in total. The molecular formula is C29H34N2O4. The number of aliphatic hydroxyl groups is 1. The number of carbonyl (C=O) groups is 2. The molecule has 0 radical (unpaired) electrons. The molecule has 0 spiro atoms. The minimum atomic E-state index is -0.680. The average Bonchev–Trinajstić information content (AvgIpc) is 3.32. The Kier molecular flexibility index (Phi) is 6.60. The highest BCUT2D eigenvalue weighted by atomic mass is 16.3. The summed E-state index contributed by atoms with van der Waals surface area (Å²) in [6.45, 7) is 9.59. The third-order valence-corrected chi connectivity index (χ3v) is 6.54. The Morgan fingerprint density at radius 3 is 2.40 bits per heavy atom. The summed E-state index contributed by atoms with van der Waals surface area (Å²) >= 11 is 0. The lowest BCUT2D eigenvalue weighted by Gasteiger charge is -2.28. The van der Waals surface area contributed by atoms with Crippen LogP contribution in [0.3, 0.4) is 0 Å². The third kappa shape index (κ3) is 4.89. The fourth-order valence-corrected chi connectivity index (χ4v) is 4.59. The van der Waals surface area contributed by atoms with Gasteiger partial charge in [-0.15, -0.1) is 0 Å². The highest BCUT2D eigenvalue weighted by Gasteiger charge is 2.44. The van der Waals surface area contributed by atoms with E-state index in [9.17, 15) is 14.7 Å². The van der Waals surface area contributed by atoms with Gasteiger partial charge in [0.25, 0.3) is 5.91 Å². The molecule has 1 aromatic heterocycles. The molecule has 0 saturated heterocycles. The van der Waals surface area contributed by atoms with Crippen LogP contribution in [0.1, 0.15) is 60.5 Å². The van der Waals surface area contributed by atoms with Gasteiger partial charge in [-0.2, -0.15) is 0 Å². The van der Waals surface area contributed by atoms with Crippen LogP contribution in [0.5, 0.6) is 0 Å². The van der Waals surface area contributed by atoms with E-state index in [-0.39, 0.29) is 16.7 Å². The number of carbonyl (C=O) groups excluding carboxylic acids is 2. The second-order valence-corrected chi connectivity index (χ2v) is 10.7. The first kappa shape index (κ1) is 24.7. The summed E-state index contributed by atoms with van der Waals surface area (Å²) in [6.07, 6.45) is 0.716. The molecule has 184 valence electrons. The number of furan rings is 1. The van der Waals surface area contributed by atoms with E-state index in [0.29, 0.717) is 18.5 Å². The monoisotopic (exact) mass is 474 g/mol. The van der Waals surface area contributed by atoms with Gasteiger partial charge < -0.3 is 19.3 Å². The molecule has 0 saturated carbocycles. The Hall–Kier alpha value is -3.38. The Morgan fingerprint density at radius 2 is 1.77 bits per heavy atom. The first-order valence-corrected chi connectivity index (χ1v) is 12.0. The summed E-state index contributed by atoms with van der Waals surface area (Å²) in [7, 11) is 3.95. The molecule has 6 heteroatoms. The van der Waals surface area contributed by atoms with Gasteiger partial charge in [-0.25, -0.2) is 0 Å². The van der Waals surface area contributed by atoms with Crippen molar-refractivity contribution in [2.24, 2.45) is 0 Å². The van der Waals surface area contributed by atoms with Gasteiger partial charge in [0.15, 0.2) is 11.5 Å². The summed E-state index contributed by atoms with van der Waals surface area (Å²) in [5.74, 6) is -1.37. The van der Waals surface area contributed by atoms with Gasteiger partial charge in [0.1, 0.15) is 5.58 Å². The van der Waals surface area contributed by atoms with E-state index >= 15 is 0 Å². The predicted octanol–water partition coefficient (Wildman–Crippen LogP) is 5.57. The number of hydrogen-bond acceptors (Lipinski definition) is 5. The number of benzene rings is 2. The van der Waals surface area contributed by atoms with Crippen LogP contribution < -0.4 is 0 Å². The van der Waals surface area contributed by atoms with Crippen LogP contribution in [-0.2, 0) is 10.2 Å². The van der Waals surface area contributed by atoms with E-state index < -0.39 is 23.5 Å². The number of hydrogen-bond donors (Lipinski definition) is 1. The maximum absolute atomic E-state index is 13.7. The van der Waals surface area contributed by atoms with Crippen molar-refractivity contribution in [3.05, 3.63) is 82.3 Å². The van der Waals surface area contributed by atoms with Gasteiger partial charge >= 0.3 is 0 Å². The molecular weight excluding hydrogens is 440 g/mol. The first-order chi connectivity index (χ1) is 16.5. The number of aryl methyl sites for hydroxylation is 1. The van der Waals surface area contributed by atoms with Crippen LogP contribution in [0.25, 0.3) is 11.0 Å². The van der Waals surface area contributed by atoms with Gasteiger partial charge in [-0.05, 0) is 68.7 Å². The van der Waals surface area contributed by atoms with Gasteiger partial charge in [0.05, 0.1) is 11.6 Å². The quantitative estimate of drug-likeness (QED) is 0.453. The molecule has 1 aliphatic heterocycles. The van der Waals surface area contributed by atoms with Gasteiger partial charge in [0, 0.05) is 11.9 Å². The van der Waals surface area contributed by atoms with Crippen molar-refractivity contribution in [2.45, 2.75) is 45.6 Å². The molecule has 0 bridgehead atoms. The maximum atomic E-state index is 13.7. The van der Waals surface area contributed by atoms with Crippen LogP contribution in [0.4, 0.5) is 0 Å². The average molecular weight is 475 g/mol. The fraction of sp³-hybridized carbons (Fsp3) is 0.379. The molecule has 2 aromatic carbocycles. The van der Waals surface area contributed by atoms with Gasteiger partial charge in [-0.3, -0.25) is 9.59 Å². The van der Waals surface area contributed by atoms with Crippen LogP contribution in [0.15, 0.2) is 64.3 Å². The smallest absolute Gasteiger partial charge is 0.290 e. The van der Waals surface area contributed by atoms with Gasteiger partial charge in [-0.1, -0.05) is 56.7 Å². The van der Waals surface area contributed by atoms with Crippen LogP contribution >= 0.6 is 0 Å². The summed E-state index contributed by atoms with van der Waals surface area (Å²) in [5, 5.41) is 11.7. The van der Waals surface area contributed by atoms with Crippen molar-refractivity contribution in [3.8, 4) is 0 Å². The summed E-state index contributed by atoms with van der Waals surface area (Å²) in [5.41, 5.74) is 3.63. The van der Waals surface area contributed by atoms with E-state index in [0.717, 1.165) is 28.6 Å². The minimum absolute atomic E-state index is 0.0293. The zero-order valence-corrected chi connectivity index (χ0v) is 21.4. The number of rotatable bonds is 7. The molecule has 1 N–H and O–H groups in total. The molecule has 0 aliphatic carbocycles. The second-order valence-electron chi connectivity index (χ2n) is 10.7. The number of aliphatic hydroxyl groups excluding tert-OH is 1. The first-order valence-electron chi connectivity index (χ1n) is 12.0. The number of Topliss-reactive ketones (excluding diaryl/α,β-unsaturated/α-hetero) is 1. The van der Waals surface area contributed by atoms with Crippen molar-refractivity contribution >= 4 is 22.7 Å². The summed E-state index contributed by atoms with van der Waals surface area (Å²) < 4.78 is 5.85. The lowest BCUT2D eigenvalue weighted by Crippen LogP contribution is -2.33. The molecule has 1 atom stereocenters. The van der Waals surface area contributed by atoms with Crippen molar-refractivity contribution < 1.29 is 19.1 Å². The standard InChI is InChI=1S/C29H34N2O4/c1-18-8-13-22-20(16-18)17-23(35-22)26(32)24-25(19-9-11-21(12-10-19)29(2,3)4)31(28(34)27(24)33)15-7-14-30(5)6/h8-13,16-17,25,33H,7,14-15H2,1-6H3. The molecule has 0 fully saturated rings. The third-order valence-electron chi connectivity index (χ3n) is 6.54. The number of nitrogens with zero attached hydrogens (tertiary/aromatic N) is 2. The topological polar surface area (TPSA) is 74.0 Å². The molecule has 4 rings (SSSR count). The Labute approximate surface area is 206 Å². The predicted molar refractivity (Wildman–Crippen MR) is 138 cm³/mol. The van der Waals surface area contributed by atoms with Crippen molar-refractivity contribution in [1.29, 1.82) is 0 Å². The van der Waals surface area contributed by atoms with E-state index in [1.807, 2.05) is 68.4 Å². The Bertz CT molecular complexity index is 1290. The largest absolute Gasteiger partial charge is 0.503 e. The fourth-order valence-electron chi connectivity index (χ4n) is 4.59. The molecule has 1 unspecified atom stereocenters. The van der Waals surface area contributed by atoms with Crippen LogP contribution in [0.2, 0.25) is 0 Å². The van der Waals surface area contributed by atoms with E-state index in [2.05, 4.69) is 20.8 Å². The number of fused-ring (bicyclic) bond motifs is 1. The molecule has 3 aromatic rings. The zero-order chi connectivity index (χ0) is 25.5. The van der Waals surface area contributed by atoms with E-state index in [1.54, 1.807) is 11.0 Å². The maximum Gasteiger partial charge on any atom is 0.290 e. The van der Waals surface area contributed by atoms with E-state index in [1.165, 1.54) is 0 Å². The molecule has 1 amide bonds. The van der Waals surface area contributed by atoms with Crippen LogP contribution in [0, 0.1) is 6.92 Å². The normalized spacial score (nSPS) is 16.7. The Balaban J connectivity index is 1.75. The second kappa shape index (κ2) is 9.34. The molecule has 2 heterocycles. The Morgan fingerprint density at radius 1 is 1.09 bits per heavy atom. The van der Waals surface area contributed by atoms with Crippen molar-refractivity contribution in [1.82, 2.24) is 9.80 Å². The number of ketones is 1. The summed E-state index contributed by atoms with van der Waals surface area (Å²) in [6, 6.07) is 14.6. The zero-order valence-electron chi connectivity index (χ0n) is 21.4. The van der Waals surface area contributed by atoms with Gasteiger partial charge in [0.2, 0.25) is 5.78 Å². The lowest BCUT2D eigenvalue weighted by atomic mass is 9.85. The minimum Gasteiger partial charge on any atom is -0.503 e. The highest BCUT2D eigenvalue weighted by molar-refractivity contribution is 6.16. The van der Waals surface area contributed by atoms with Crippen molar-refractivity contribution in [2.75, 3.05) is 27.2 Å². The number of amides is 1. The van der Waals surface area contributed by atoms with Crippen LogP contribution in [-0.4, -0.2) is 53.8 Å². The molecule has 35 heavy (non-hydrogen) atoms. The summed E-state index contributed by atoms with van der Waals surface area (Å²) in [4.78, 5) is 30.5. The SMILES string of the molecule is Cc1ccc2oc(C(=O)C3=C(O)C(=O)N(CCCN(C)C)C3c3ccc(C(C)(C)C)cc3)cc2c1.